The van der Waals surface area contributed by atoms with Crippen LogP contribution in [-0.4, -0.2) is 68.7 Å². The van der Waals surface area contributed by atoms with E-state index in [2.05, 4.69) is 0 Å². The van der Waals surface area contributed by atoms with E-state index in [0.29, 0.717) is 37.7 Å². The summed E-state index contributed by atoms with van der Waals surface area (Å²) in [6, 6.07) is 7.11. The molecule has 8 heteroatoms. The predicted molar refractivity (Wildman–Crippen MR) is 96.4 cm³/mol. The number of nitrogens with zero attached hydrogens (tertiary/aromatic N) is 2. The van der Waals surface area contributed by atoms with Crippen LogP contribution in [0.25, 0.3) is 0 Å². The highest BCUT2D eigenvalue weighted by atomic mass is 16.5. The van der Waals surface area contributed by atoms with Gasteiger partial charge in [0.05, 0.1) is 26.2 Å². The van der Waals surface area contributed by atoms with Crippen LogP contribution in [0.3, 0.4) is 0 Å². The molecule has 0 N–H and O–H groups in total. The fraction of sp³-hybridized carbons (Fsp3) is 0.526. The van der Waals surface area contributed by atoms with Crippen molar-refractivity contribution in [3.8, 4) is 5.75 Å². The molecule has 2 aliphatic heterocycles. The van der Waals surface area contributed by atoms with Gasteiger partial charge in [-0.15, -0.1) is 0 Å². The Balaban J connectivity index is 1.59. The summed E-state index contributed by atoms with van der Waals surface area (Å²) in [4.78, 5) is 40.4. The van der Waals surface area contributed by atoms with E-state index in [-0.39, 0.29) is 24.8 Å². The maximum Gasteiger partial charge on any atom is 0.312 e. The maximum atomic E-state index is 12.5. The molecule has 0 spiro atoms. The average molecular weight is 376 g/mol. The molecule has 1 aromatic rings. The maximum absolute atomic E-state index is 12.5. The summed E-state index contributed by atoms with van der Waals surface area (Å²) in [5.41, 5.74) is 0.673. The Hall–Kier alpha value is -2.61. The summed E-state index contributed by atoms with van der Waals surface area (Å²) in [6.45, 7) is 3.74. The summed E-state index contributed by atoms with van der Waals surface area (Å²) in [5.74, 6) is -0.875. The lowest BCUT2D eigenvalue weighted by Crippen LogP contribution is -2.46. The number of rotatable bonds is 5. The van der Waals surface area contributed by atoms with E-state index >= 15 is 0 Å². The Bertz CT molecular complexity index is 716. The Morgan fingerprint density at radius 3 is 2.70 bits per heavy atom. The van der Waals surface area contributed by atoms with Crippen LogP contribution in [0.5, 0.6) is 5.75 Å². The molecular weight excluding hydrogens is 352 g/mol. The number of carbonyl (C=O) groups is 3. The number of anilines is 1. The van der Waals surface area contributed by atoms with Gasteiger partial charge in [0, 0.05) is 37.8 Å². The van der Waals surface area contributed by atoms with Crippen molar-refractivity contribution in [2.45, 2.75) is 19.4 Å². The van der Waals surface area contributed by atoms with Gasteiger partial charge in [0.1, 0.15) is 5.75 Å². The normalized spacial score (nSPS) is 21.1. The molecule has 3 rings (SSSR count). The van der Waals surface area contributed by atoms with Crippen LogP contribution in [-0.2, 0) is 23.9 Å². The van der Waals surface area contributed by atoms with E-state index in [9.17, 15) is 14.4 Å². The van der Waals surface area contributed by atoms with Gasteiger partial charge in [-0.1, -0.05) is 6.07 Å². The van der Waals surface area contributed by atoms with Gasteiger partial charge in [-0.05, 0) is 19.1 Å². The summed E-state index contributed by atoms with van der Waals surface area (Å²) >= 11 is 0. The van der Waals surface area contributed by atoms with Crippen molar-refractivity contribution in [2.24, 2.45) is 5.92 Å². The fourth-order valence-electron chi connectivity index (χ4n) is 3.26. The Morgan fingerprint density at radius 1 is 1.26 bits per heavy atom. The van der Waals surface area contributed by atoms with Crippen LogP contribution in [0.1, 0.15) is 13.3 Å². The van der Waals surface area contributed by atoms with E-state index in [4.69, 9.17) is 14.2 Å². The monoisotopic (exact) mass is 376 g/mol. The minimum absolute atomic E-state index is 0.0640. The molecule has 0 saturated carbocycles. The molecule has 2 fully saturated rings. The van der Waals surface area contributed by atoms with Crippen LogP contribution < -0.4 is 9.64 Å². The van der Waals surface area contributed by atoms with Crippen LogP contribution in [0.15, 0.2) is 24.3 Å². The zero-order valence-corrected chi connectivity index (χ0v) is 15.6. The van der Waals surface area contributed by atoms with Gasteiger partial charge in [-0.25, -0.2) is 0 Å². The topological polar surface area (TPSA) is 85.4 Å². The lowest BCUT2D eigenvalue weighted by molar-refractivity contribution is -0.163. The zero-order valence-electron chi connectivity index (χ0n) is 15.6. The van der Waals surface area contributed by atoms with Crippen molar-refractivity contribution in [1.29, 1.82) is 0 Å². The Kier molecular flexibility index (Phi) is 5.95. The molecule has 0 radical (unpaired) electrons. The number of amides is 2. The molecule has 2 amide bonds. The van der Waals surface area contributed by atoms with E-state index < -0.39 is 18.0 Å². The van der Waals surface area contributed by atoms with E-state index in [1.54, 1.807) is 48.1 Å². The van der Waals surface area contributed by atoms with Crippen molar-refractivity contribution < 1.29 is 28.6 Å². The number of ether oxygens (including phenoxy) is 3. The average Bonchev–Trinajstić information content (AvgIpc) is 3.10. The number of methoxy groups -OCH3 is 1. The SMILES string of the molecule is COc1cccc(N2CC(C(=O)OC(C)C(=O)N3CCOCC3)CC2=O)c1. The summed E-state index contributed by atoms with van der Waals surface area (Å²) < 4.78 is 15.8. The van der Waals surface area contributed by atoms with Gasteiger partial charge < -0.3 is 24.0 Å². The minimum Gasteiger partial charge on any atom is -0.497 e. The second-order valence-electron chi connectivity index (χ2n) is 6.62. The molecule has 2 atom stereocenters. The van der Waals surface area contributed by atoms with E-state index in [0.717, 1.165) is 0 Å². The largest absolute Gasteiger partial charge is 0.497 e. The number of morpholine rings is 1. The fourth-order valence-corrected chi connectivity index (χ4v) is 3.26. The highest BCUT2D eigenvalue weighted by molar-refractivity contribution is 5.99. The first-order chi connectivity index (χ1) is 13.0. The lowest BCUT2D eigenvalue weighted by atomic mass is 10.1. The summed E-state index contributed by atoms with van der Waals surface area (Å²) in [5, 5.41) is 0. The minimum atomic E-state index is -0.878. The highest BCUT2D eigenvalue weighted by Crippen LogP contribution is 2.28. The third-order valence-corrected chi connectivity index (χ3v) is 4.79. The van der Waals surface area contributed by atoms with Crippen LogP contribution >= 0.6 is 0 Å². The molecule has 2 heterocycles. The second-order valence-corrected chi connectivity index (χ2v) is 6.62. The van der Waals surface area contributed by atoms with Crippen LogP contribution in [0.4, 0.5) is 5.69 Å². The number of carbonyl (C=O) groups excluding carboxylic acids is 3. The molecular formula is C19H24N2O6. The van der Waals surface area contributed by atoms with Crippen LogP contribution in [0, 0.1) is 5.92 Å². The third kappa shape index (κ3) is 4.39. The molecule has 2 unspecified atom stereocenters. The Morgan fingerprint density at radius 2 is 2.00 bits per heavy atom. The highest BCUT2D eigenvalue weighted by Gasteiger charge is 2.38. The van der Waals surface area contributed by atoms with E-state index in [1.165, 1.54) is 0 Å². The molecule has 0 aliphatic carbocycles. The van der Waals surface area contributed by atoms with Crippen molar-refractivity contribution in [1.82, 2.24) is 4.90 Å². The molecule has 0 bridgehead atoms. The van der Waals surface area contributed by atoms with Gasteiger partial charge >= 0.3 is 5.97 Å². The van der Waals surface area contributed by atoms with E-state index in [1.807, 2.05) is 0 Å². The zero-order chi connectivity index (χ0) is 19.4. The molecule has 2 saturated heterocycles. The van der Waals surface area contributed by atoms with Gasteiger partial charge in [-0.3, -0.25) is 14.4 Å². The third-order valence-electron chi connectivity index (χ3n) is 4.79. The van der Waals surface area contributed by atoms with Gasteiger partial charge in [0.15, 0.2) is 6.10 Å². The summed E-state index contributed by atoms with van der Waals surface area (Å²) in [6.07, 6.45) is -0.814. The van der Waals surface area contributed by atoms with Gasteiger partial charge in [-0.2, -0.15) is 0 Å². The molecule has 27 heavy (non-hydrogen) atoms. The Labute approximate surface area is 158 Å². The van der Waals surface area contributed by atoms with Crippen molar-refractivity contribution in [3.63, 3.8) is 0 Å². The quantitative estimate of drug-likeness (QED) is 0.708. The molecule has 2 aliphatic rings. The predicted octanol–water partition coefficient (Wildman–Crippen LogP) is 0.839. The number of hydrogen-bond donors (Lipinski definition) is 0. The van der Waals surface area contributed by atoms with Gasteiger partial charge in [0.2, 0.25) is 5.91 Å². The summed E-state index contributed by atoms with van der Waals surface area (Å²) in [7, 11) is 1.55. The van der Waals surface area contributed by atoms with Crippen molar-refractivity contribution in [3.05, 3.63) is 24.3 Å². The second kappa shape index (κ2) is 8.39. The lowest BCUT2D eigenvalue weighted by Gasteiger charge is -2.29. The number of benzene rings is 1. The first kappa shape index (κ1) is 19.2. The first-order valence-electron chi connectivity index (χ1n) is 9.01. The molecule has 1 aromatic carbocycles. The smallest absolute Gasteiger partial charge is 0.312 e. The van der Waals surface area contributed by atoms with Crippen molar-refractivity contribution >= 4 is 23.5 Å². The number of esters is 1. The standard InChI is InChI=1S/C19H24N2O6/c1-13(18(23)20-6-8-26-9-7-20)27-19(24)14-10-17(22)21(12-14)15-4-3-5-16(11-15)25-2/h3-5,11,13-14H,6-10,12H2,1-2H3. The molecule has 0 aromatic heterocycles. The first-order valence-corrected chi connectivity index (χ1v) is 9.01. The molecule has 8 nitrogen and oxygen atoms in total. The van der Waals surface area contributed by atoms with Crippen LogP contribution in [0.2, 0.25) is 0 Å². The van der Waals surface area contributed by atoms with Gasteiger partial charge in [0.25, 0.3) is 5.91 Å². The van der Waals surface area contributed by atoms with Crippen molar-refractivity contribution in [2.75, 3.05) is 44.9 Å². The molecule has 146 valence electrons. The number of hydrogen-bond acceptors (Lipinski definition) is 6.